The van der Waals surface area contributed by atoms with Gasteiger partial charge in [-0.1, -0.05) is 0 Å². The highest BCUT2D eigenvalue weighted by molar-refractivity contribution is 7.71. The summed E-state index contributed by atoms with van der Waals surface area (Å²) in [6, 6.07) is 0. The zero-order chi connectivity index (χ0) is 14.0. The van der Waals surface area contributed by atoms with Gasteiger partial charge >= 0.3 is 6.18 Å². The van der Waals surface area contributed by atoms with Crippen LogP contribution < -0.4 is 4.90 Å². The lowest BCUT2D eigenvalue weighted by atomic mass is 10.3. The lowest BCUT2D eigenvalue weighted by Crippen LogP contribution is -2.49. The maximum absolute atomic E-state index is 12.3. The second-order valence-corrected chi connectivity index (χ2v) is 4.84. The fourth-order valence-corrected chi connectivity index (χ4v) is 2.45. The lowest BCUT2D eigenvalue weighted by Gasteiger charge is -2.35. The summed E-state index contributed by atoms with van der Waals surface area (Å²) < 4.78 is 39.3. The van der Waals surface area contributed by atoms with E-state index in [4.69, 9.17) is 12.2 Å². The molecule has 0 bridgehead atoms. The maximum atomic E-state index is 12.3. The van der Waals surface area contributed by atoms with Crippen molar-refractivity contribution in [3.63, 3.8) is 0 Å². The third-order valence-electron chi connectivity index (χ3n) is 3.11. The number of piperazine rings is 1. The summed E-state index contributed by atoms with van der Waals surface area (Å²) in [5.74, 6) is 0.708. The van der Waals surface area contributed by atoms with Crippen LogP contribution in [-0.2, 0) is 6.54 Å². The van der Waals surface area contributed by atoms with Crippen LogP contribution in [0.5, 0.6) is 0 Å². The molecule has 5 nitrogen and oxygen atoms in total. The monoisotopic (exact) mass is 295 g/mol. The van der Waals surface area contributed by atoms with Crippen LogP contribution >= 0.6 is 12.2 Å². The van der Waals surface area contributed by atoms with E-state index in [1.165, 1.54) is 4.90 Å². The minimum Gasteiger partial charge on any atom is -0.338 e. The molecule has 19 heavy (non-hydrogen) atoms. The van der Waals surface area contributed by atoms with E-state index in [1.54, 1.807) is 0 Å². The average molecular weight is 295 g/mol. The number of hydrogen-bond acceptors (Lipinski definition) is 4. The fourth-order valence-electron chi connectivity index (χ4n) is 2.20. The molecule has 1 saturated heterocycles. The Labute approximate surface area is 114 Å². The Kier molecular flexibility index (Phi) is 4.14. The van der Waals surface area contributed by atoms with Gasteiger partial charge in [-0.25, -0.2) is 5.10 Å². The number of rotatable bonds is 3. The first-order valence-corrected chi connectivity index (χ1v) is 6.51. The number of alkyl halides is 3. The van der Waals surface area contributed by atoms with E-state index in [1.807, 2.05) is 16.4 Å². The number of aromatic nitrogens is 3. The van der Waals surface area contributed by atoms with Crippen LogP contribution in [0.25, 0.3) is 0 Å². The minimum absolute atomic E-state index is 0.378. The molecule has 108 valence electrons. The van der Waals surface area contributed by atoms with Crippen LogP contribution in [0.3, 0.4) is 0 Å². The molecular formula is C10H16F3N5S. The molecule has 0 aliphatic carbocycles. The largest absolute Gasteiger partial charge is 0.401 e. The molecule has 0 unspecified atom stereocenters. The van der Waals surface area contributed by atoms with Crippen molar-refractivity contribution in [2.45, 2.75) is 19.6 Å². The summed E-state index contributed by atoms with van der Waals surface area (Å²) >= 11 is 5.10. The van der Waals surface area contributed by atoms with E-state index in [0.717, 1.165) is 0 Å². The molecule has 2 rings (SSSR count). The third-order valence-corrected chi connectivity index (χ3v) is 3.42. The summed E-state index contributed by atoms with van der Waals surface area (Å²) in [5.41, 5.74) is 0. The smallest absolute Gasteiger partial charge is 0.338 e. The summed E-state index contributed by atoms with van der Waals surface area (Å²) in [5, 5.41) is 6.86. The van der Waals surface area contributed by atoms with Gasteiger partial charge in [0.1, 0.15) is 0 Å². The quantitative estimate of drug-likeness (QED) is 0.861. The highest BCUT2D eigenvalue weighted by Crippen LogP contribution is 2.19. The first kappa shape index (κ1) is 14.3. The summed E-state index contributed by atoms with van der Waals surface area (Å²) in [6.45, 7) is 3.60. The first-order chi connectivity index (χ1) is 8.90. The third kappa shape index (κ3) is 3.47. The van der Waals surface area contributed by atoms with Crippen LogP contribution in [-0.4, -0.2) is 58.6 Å². The number of H-pyrrole nitrogens is 1. The molecule has 0 spiro atoms. The number of aromatic amines is 1. The standard InChI is InChI=1S/C10H16F3N5S/c1-2-18-8(14-15-9(18)19)17-5-3-16(4-6-17)7-10(11,12)13/h2-7H2,1H3,(H,15,19). The Balaban J connectivity index is 1.98. The van der Waals surface area contributed by atoms with Crippen molar-refractivity contribution in [1.82, 2.24) is 19.7 Å². The van der Waals surface area contributed by atoms with E-state index in [0.29, 0.717) is 43.4 Å². The van der Waals surface area contributed by atoms with Crippen molar-refractivity contribution in [3.8, 4) is 0 Å². The maximum Gasteiger partial charge on any atom is 0.401 e. The molecule has 1 aliphatic rings. The molecule has 0 amide bonds. The first-order valence-electron chi connectivity index (χ1n) is 6.10. The molecule has 1 aliphatic heterocycles. The summed E-state index contributed by atoms with van der Waals surface area (Å²) in [7, 11) is 0. The van der Waals surface area contributed by atoms with E-state index >= 15 is 0 Å². The number of nitrogens with zero attached hydrogens (tertiary/aromatic N) is 4. The van der Waals surface area contributed by atoms with Gasteiger partial charge in [0.25, 0.3) is 0 Å². The van der Waals surface area contributed by atoms with Crippen LogP contribution in [0, 0.1) is 4.77 Å². The van der Waals surface area contributed by atoms with E-state index in [2.05, 4.69) is 10.2 Å². The van der Waals surface area contributed by atoms with Gasteiger partial charge in [0.2, 0.25) is 5.95 Å². The highest BCUT2D eigenvalue weighted by atomic mass is 32.1. The molecule has 1 aromatic heterocycles. The van der Waals surface area contributed by atoms with Crippen LogP contribution in [0.4, 0.5) is 19.1 Å². The van der Waals surface area contributed by atoms with Crippen molar-refractivity contribution in [2.24, 2.45) is 0 Å². The predicted molar refractivity (Wildman–Crippen MR) is 67.8 cm³/mol. The fraction of sp³-hybridized carbons (Fsp3) is 0.800. The summed E-state index contributed by atoms with van der Waals surface area (Å²) in [4.78, 5) is 3.37. The molecular weight excluding hydrogens is 279 g/mol. The number of hydrogen-bond donors (Lipinski definition) is 1. The van der Waals surface area contributed by atoms with Gasteiger partial charge in [-0.3, -0.25) is 9.47 Å². The van der Waals surface area contributed by atoms with E-state index in [9.17, 15) is 13.2 Å². The highest BCUT2D eigenvalue weighted by Gasteiger charge is 2.32. The predicted octanol–water partition coefficient (Wildman–Crippen LogP) is 1.64. The molecule has 0 aromatic carbocycles. The van der Waals surface area contributed by atoms with Gasteiger partial charge in [0.05, 0.1) is 6.54 Å². The van der Waals surface area contributed by atoms with Crippen LogP contribution in [0.1, 0.15) is 6.92 Å². The molecule has 2 heterocycles. The van der Waals surface area contributed by atoms with Gasteiger partial charge < -0.3 is 4.90 Å². The molecule has 1 fully saturated rings. The zero-order valence-corrected chi connectivity index (χ0v) is 11.4. The molecule has 1 aromatic rings. The Bertz CT molecular complexity index is 472. The average Bonchev–Trinajstić information content (AvgIpc) is 2.69. The molecule has 0 atom stereocenters. The molecule has 1 N–H and O–H groups in total. The molecule has 0 radical (unpaired) electrons. The number of anilines is 1. The minimum atomic E-state index is -4.13. The molecule has 9 heteroatoms. The number of nitrogens with one attached hydrogen (secondary N) is 1. The van der Waals surface area contributed by atoms with Crippen molar-refractivity contribution >= 4 is 18.2 Å². The Morgan fingerprint density at radius 3 is 2.42 bits per heavy atom. The SMILES string of the molecule is CCn1c(N2CCN(CC(F)(F)F)CC2)n[nH]c1=S. The van der Waals surface area contributed by atoms with Gasteiger partial charge in [-0.05, 0) is 19.1 Å². The second-order valence-electron chi connectivity index (χ2n) is 4.45. The van der Waals surface area contributed by atoms with Gasteiger partial charge in [-0.2, -0.15) is 13.2 Å². The van der Waals surface area contributed by atoms with Gasteiger partial charge in [0, 0.05) is 32.7 Å². The van der Waals surface area contributed by atoms with E-state index in [-0.39, 0.29) is 0 Å². The van der Waals surface area contributed by atoms with Crippen molar-refractivity contribution in [1.29, 1.82) is 0 Å². The Morgan fingerprint density at radius 1 is 1.26 bits per heavy atom. The van der Waals surface area contributed by atoms with Gasteiger partial charge in [-0.15, -0.1) is 5.10 Å². The van der Waals surface area contributed by atoms with Crippen molar-refractivity contribution in [2.75, 3.05) is 37.6 Å². The topological polar surface area (TPSA) is 40.1 Å². The molecule has 0 saturated carbocycles. The van der Waals surface area contributed by atoms with Crippen molar-refractivity contribution in [3.05, 3.63) is 4.77 Å². The van der Waals surface area contributed by atoms with E-state index < -0.39 is 12.7 Å². The summed E-state index contributed by atoms with van der Waals surface area (Å²) in [6.07, 6.45) is -4.13. The van der Waals surface area contributed by atoms with Crippen molar-refractivity contribution < 1.29 is 13.2 Å². The number of halogens is 3. The normalized spacial score (nSPS) is 18.0. The van der Waals surface area contributed by atoms with Gasteiger partial charge in [0.15, 0.2) is 4.77 Å². The lowest BCUT2D eigenvalue weighted by molar-refractivity contribution is -0.146. The zero-order valence-electron chi connectivity index (χ0n) is 10.6. The van der Waals surface area contributed by atoms with Crippen LogP contribution in [0.2, 0.25) is 0 Å². The van der Waals surface area contributed by atoms with Crippen LogP contribution in [0.15, 0.2) is 0 Å². The second kappa shape index (κ2) is 5.49. The Morgan fingerprint density at radius 2 is 1.89 bits per heavy atom. The Hall–Kier alpha value is -1.09.